The van der Waals surface area contributed by atoms with Crippen LogP contribution in [0.25, 0.3) is 0 Å². The lowest BCUT2D eigenvalue weighted by atomic mass is 10.2. The minimum Gasteiger partial charge on any atom is -0.469 e. The first-order valence-electron chi connectivity index (χ1n) is 6.36. The normalized spacial score (nSPS) is 10.9. The molecule has 0 bridgehead atoms. The number of furan rings is 1. The molecule has 0 radical (unpaired) electrons. The summed E-state index contributed by atoms with van der Waals surface area (Å²) >= 11 is 5.85. The van der Waals surface area contributed by atoms with Gasteiger partial charge in [-0.3, -0.25) is 0 Å². The summed E-state index contributed by atoms with van der Waals surface area (Å²) in [5.74, 6) is 0.998. The number of nitrogens with zero attached hydrogens (tertiary/aromatic N) is 1. The standard InChI is InChI=1S/C15H19ClN2O/c1-12-13(7-10-19-12)11-18(2)9-8-17-15-5-3-14(16)4-6-15/h3-7,10,17H,8-9,11H2,1-2H3. The minimum absolute atomic E-state index is 0.762. The molecule has 2 aromatic rings. The fraction of sp³-hybridized carbons (Fsp3) is 0.333. The molecule has 1 aromatic carbocycles. The van der Waals surface area contributed by atoms with E-state index in [1.165, 1.54) is 5.56 Å². The number of rotatable bonds is 6. The van der Waals surface area contributed by atoms with E-state index >= 15 is 0 Å². The smallest absolute Gasteiger partial charge is 0.105 e. The summed E-state index contributed by atoms with van der Waals surface area (Å²) in [4.78, 5) is 2.26. The number of hydrogen-bond donors (Lipinski definition) is 1. The molecule has 0 spiro atoms. The summed E-state index contributed by atoms with van der Waals surface area (Å²) in [5, 5.41) is 4.14. The number of nitrogens with one attached hydrogen (secondary N) is 1. The van der Waals surface area contributed by atoms with Crippen molar-refractivity contribution in [3.05, 3.63) is 52.9 Å². The molecule has 1 aromatic heterocycles. The molecule has 0 aliphatic heterocycles. The van der Waals surface area contributed by atoms with E-state index in [0.717, 1.165) is 36.1 Å². The van der Waals surface area contributed by atoms with Crippen LogP contribution in [0.15, 0.2) is 41.0 Å². The summed E-state index contributed by atoms with van der Waals surface area (Å²) in [6.07, 6.45) is 1.74. The molecule has 102 valence electrons. The van der Waals surface area contributed by atoms with E-state index in [1.54, 1.807) is 6.26 Å². The van der Waals surface area contributed by atoms with Crippen LogP contribution in [-0.4, -0.2) is 25.0 Å². The van der Waals surface area contributed by atoms with Crippen LogP contribution in [0.2, 0.25) is 5.02 Å². The SMILES string of the molecule is Cc1occc1CN(C)CCNc1ccc(Cl)cc1. The zero-order valence-electron chi connectivity index (χ0n) is 11.3. The number of likely N-dealkylation sites (N-methyl/N-ethyl adjacent to an activating group) is 1. The van der Waals surface area contributed by atoms with Crippen LogP contribution in [0.4, 0.5) is 5.69 Å². The second kappa shape index (κ2) is 6.64. The van der Waals surface area contributed by atoms with Crippen LogP contribution >= 0.6 is 11.6 Å². The number of anilines is 1. The Morgan fingerprint density at radius 2 is 1.95 bits per heavy atom. The van der Waals surface area contributed by atoms with Crippen LogP contribution < -0.4 is 5.32 Å². The van der Waals surface area contributed by atoms with E-state index in [9.17, 15) is 0 Å². The minimum atomic E-state index is 0.762. The molecular formula is C15H19ClN2O. The third-order valence-electron chi connectivity index (χ3n) is 3.07. The van der Waals surface area contributed by atoms with E-state index < -0.39 is 0 Å². The second-order valence-electron chi connectivity index (χ2n) is 4.67. The second-order valence-corrected chi connectivity index (χ2v) is 5.11. The first-order chi connectivity index (χ1) is 9.15. The molecule has 1 N–H and O–H groups in total. The highest BCUT2D eigenvalue weighted by Gasteiger charge is 2.05. The number of benzene rings is 1. The van der Waals surface area contributed by atoms with Gasteiger partial charge in [-0.1, -0.05) is 11.6 Å². The van der Waals surface area contributed by atoms with Gasteiger partial charge in [0.2, 0.25) is 0 Å². The van der Waals surface area contributed by atoms with Crippen molar-refractivity contribution < 1.29 is 4.42 Å². The first-order valence-corrected chi connectivity index (χ1v) is 6.74. The van der Waals surface area contributed by atoms with E-state index in [4.69, 9.17) is 16.0 Å². The van der Waals surface area contributed by atoms with E-state index in [1.807, 2.05) is 37.3 Å². The molecule has 4 heteroatoms. The molecule has 0 fully saturated rings. The highest BCUT2D eigenvalue weighted by Crippen LogP contribution is 2.13. The van der Waals surface area contributed by atoms with Crippen molar-refractivity contribution in [2.75, 3.05) is 25.5 Å². The zero-order valence-corrected chi connectivity index (χ0v) is 12.1. The molecular weight excluding hydrogens is 260 g/mol. The molecule has 0 saturated carbocycles. The van der Waals surface area contributed by atoms with Gasteiger partial charge in [-0.05, 0) is 44.3 Å². The summed E-state index contributed by atoms with van der Waals surface area (Å²) in [7, 11) is 2.11. The summed E-state index contributed by atoms with van der Waals surface area (Å²) in [6, 6.07) is 9.79. The molecule has 19 heavy (non-hydrogen) atoms. The fourth-order valence-electron chi connectivity index (χ4n) is 1.90. The first kappa shape index (κ1) is 14.0. The van der Waals surface area contributed by atoms with Crippen molar-refractivity contribution in [2.24, 2.45) is 0 Å². The maximum absolute atomic E-state index is 5.85. The predicted octanol–water partition coefficient (Wildman–Crippen LogP) is 3.79. The average Bonchev–Trinajstić information content (AvgIpc) is 2.78. The van der Waals surface area contributed by atoms with E-state index in [-0.39, 0.29) is 0 Å². The van der Waals surface area contributed by atoms with Crippen molar-refractivity contribution in [3.63, 3.8) is 0 Å². The summed E-state index contributed by atoms with van der Waals surface area (Å²) in [6.45, 7) is 4.77. The third-order valence-corrected chi connectivity index (χ3v) is 3.33. The van der Waals surface area contributed by atoms with Crippen molar-refractivity contribution in [3.8, 4) is 0 Å². The van der Waals surface area contributed by atoms with E-state index in [2.05, 4.69) is 17.3 Å². The maximum Gasteiger partial charge on any atom is 0.105 e. The van der Waals surface area contributed by atoms with Crippen molar-refractivity contribution in [1.82, 2.24) is 4.90 Å². The van der Waals surface area contributed by atoms with Crippen molar-refractivity contribution in [1.29, 1.82) is 0 Å². The molecule has 0 atom stereocenters. The Labute approximate surface area is 119 Å². The molecule has 0 unspecified atom stereocenters. The Balaban J connectivity index is 1.73. The number of hydrogen-bond acceptors (Lipinski definition) is 3. The lowest BCUT2D eigenvalue weighted by Crippen LogP contribution is -2.24. The Hall–Kier alpha value is -1.45. The van der Waals surface area contributed by atoms with Gasteiger partial charge in [0.05, 0.1) is 6.26 Å². The highest BCUT2D eigenvalue weighted by molar-refractivity contribution is 6.30. The van der Waals surface area contributed by atoms with Crippen LogP contribution in [-0.2, 0) is 6.54 Å². The lowest BCUT2D eigenvalue weighted by Gasteiger charge is -2.17. The molecule has 1 heterocycles. The molecule has 0 aliphatic rings. The fourth-order valence-corrected chi connectivity index (χ4v) is 2.03. The summed E-state index contributed by atoms with van der Waals surface area (Å²) in [5.41, 5.74) is 2.34. The van der Waals surface area contributed by atoms with Crippen molar-refractivity contribution in [2.45, 2.75) is 13.5 Å². The summed E-state index contributed by atoms with van der Waals surface area (Å²) < 4.78 is 5.30. The zero-order chi connectivity index (χ0) is 13.7. The Bertz CT molecular complexity index is 507. The van der Waals surface area contributed by atoms with Gasteiger partial charge in [-0.2, -0.15) is 0 Å². The Morgan fingerprint density at radius 1 is 1.21 bits per heavy atom. The average molecular weight is 279 g/mol. The van der Waals surface area contributed by atoms with Gasteiger partial charge >= 0.3 is 0 Å². The molecule has 3 nitrogen and oxygen atoms in total. The third kappa shape index (κ3) is 4.30. The molecule has 2 rings (SSSR count). The largest absolute Gasteiger partial charge is 0.469 e. The molecule has 0 amide bonds. The van der Waals surface area contributed by atoms with Gasteiger partial charge in [0.1, 0.15) is 5.76 Å². The van der Waals surface area contributed by atoms with Gasteiger partial charge < -0.3 is 14.6 Å². The van der Waals surface area contributed by atoms with Crippen LogP contribution in [0.1, 0.15) is 11.3 Å². The van der Waals surface area contributed by atoms with Crippen LogP contribution in [0.3, 0.4) is 0 Å². The highest BCUT2D eigenvalue weighted by atomic mass is 35.5. The molecule has 0 aliphatic carbocycles. The monoisotopic (exact) mass is 278 g/mol. The van der Waals surface area contributed by atoms with Gasteiger partial charge in [-0.15, -0.1) is 0 Å². The lowest BCUT2D eigenvalue weighted by molar-refractivity contribution is 0.337. The van der Waals surface area contributed by atoms with Gasteiger partial charge in [0, 0.05) is 35.9 Å². The predicted molar refractivity (Wildman–Crippen MR) is 79.7 cm³/mol. The maximum atomic E-state index is 5.85. The number of aryl methyl sites for hydroxylation is 1. The van der Waals surface area contributed by atoms with Crippen LogP contribution in [0.5, 0.6) is 0 Å². The molecule has 0 saturated heterocycles. The van der Waals surface area contributed by atoms with Gasteiger partial charge in [0.25, 0.3) is 0 Å². The quantitative estimate of drug-likeness (QED) is 0.871. The van der Waals surface area contributed by atoms with Gasteiger partial charge in [-0.25, -0.2) is 0 Å². The topological polar surface area (TPSA) is 28.4 Å². The van der Waals surface area contributed by atoms with Crippen LogP contribution in [0, 0.1) is 6.92 Å². The van der Waals surface area contributed by atoms with E-state index in [0.29, 0.717) is 0 Å². The van der Waals surface area contributed by atoms with Gasteiger partial charge in [0.15, 0.2) is 0 Å². The van der Waals surface area contributed by atoms with Crippen molar-refractivity contribution >= 4 is 17.3 Å². The number of halogens is 1. The Morgan fingerprint density at radius 3 is 2.58 bits per heavy atom. The Kier molecular flexibility index (Phi) is 4.88.